The van der Waals surface area contributed by atoms with E-state index in [1.165, 1.54) is 0 Å². The number of aryl methyl sites for hydroxylation is 1. The van der Waals surface area contributed by atoms with E-state index in [1.54, 1.807) is 25.1 Å². The second-order valence-electron chi connectivity index (χ2n) is 2.12. The first-order valence-electron chi connectivity index (χ1n) is 3.01. The molecule has 0 aliphatic carbocycles. The highest BCUT2D eigenvalue weighted by atomic mass is 16.8. The molecule has 10 heavy (non-hydrogen) atoms. The van der Waals surface area contributed by atoms with Crippen LogP contribution in [0.25, 0.3) is 0 Å². The van der Waals surface area contributed by atoms with Gasteiger partial charge in [-0.2, -0.15) is 5.23 Å². The summed E-state index contributed by atoms with van der Waals surface area (Å²) in [5, 5.41) is 18.1. The summed E-state index contributed by atoms with van der Waals surface area (Å²) >= 11 is 0. The third-order valence-corrected chi connectivity index (χ3v) is 1.38. The predicted octanol–water partition coefficient (Wildman–Crippen LogP) is 0.398. The largest absolute Gasteiger partial charge is 0.595 e. The van der Waals surface area contributed by atoms with Crippen molar-refractivity contribution < 1.29 is 10.4 Å². The minimum absolute atomic E-state index is 0.377. The van der Waals surface area contributed by atoms with Crippen LogP contribution in [0.3, 0.4) is 0 Å². The van der Waals surface area contributed by atoms with Gasteiger partial charge in [-0.1, -0.05) is 18.2 Å². The van der Waals surface area contributed by atoms with E-state index >= 15 is 0 Å². The monoisotopic (exact) mass is 139 g/mol. The van der Waals surface area contributed by atoms with Crippen molar-refractivity contribution in [2.24, 2.45) is 0 Å². The van der Waals surface area contributed by atoms with Gasteiger partial charge in [0.2, 0.25) is 0 Å². The van der Waals surface area contributed by atoms with Crippen molar-refractivity contribution in [3.8, 4) is 0 Å². The molecule has 0 amide bonds. The number of hydrogen-bond donors (Lipinski definition) is 2. The van der Waals surface area contributed by atoms with Gasteiger partial charge in [0.25, 0.3) is 0 Å². The number of hydrogen-bond acceptors (Lipinski definition) is 2. The summed E-state index contributed by atoms with van der Waals surface area (Å²) in [5.41, 5.74) is 1.18. The number of para-hydroxylation sites is 1. The van der Waals surface area contributed by atoms with Gasteiger partial charge in [0.05, 0.1) is 0 Å². The minimum Gasteiger partial charge on any atom is -0.595 e. The lowest BCUT2D eigenvalue weighted by Gasteiger charge is -2.12. The van der Waals surface area contributed by atoms with Crippen molar-refractivity contribution >= 4 is 5.69 Å². The zero-order valence-corrected chi connectivity index (χ0v) is 5.66. The minimum atomic E-state index is -0.863. The first kappa shape index (κ1) is 7.21. The lowest BCUT2D eigenvalue weighted by atomic mass is 10.2. The average molecular weight is 139 g/mol. The Hall–Kier alpha value is -0.900. The van der Waals surface area contributed by atoms with Crippen LogP contribution >= 0.6 is 0 Å². The van der Waals surface area contributed by atoms with Crippen LogP contribution in [0.1, 0.15) is 5.56 Å². The van der Waals surface area contributed by atoms with Crippen LogP contribution in [0.5, 0.6) is 0 Å². The van der Waals surface area contributed by atoms with Crippen molar-refractivity contribution in [2.45, 2.75) is 6.92 Å². The fourth-order valence-corrected chi connectivity index (χ4v) is 0.813. The van der Waals surface area contributed by atoms with Crippen LogP contribution in [0.15, 0.2) is 24.3 Å². The molecule has 0 bridgehead atoms. The van der Waals surface area contributed by atoms with Crippen molar-refractivity contribution in [1.82, 2.24) is 0 Å². The molecule has 0 saturated heterocycles. The molecule has 0 aliphatic rings. The molecule has 1 rings (SSSR count). The molecule has 0 radical (unpaired) electrons. The Balaban J connectivity index is 3.03. The molecule has 0 aliphatic heterocycles. The molecule has 0 heterocycles. The van der Waals surface area contributed by atoms with E-state index in [9.17, 15) is 5.21 Å². The Morgan fingerprint density at radius 2 is 2.00 bits per heavy atom. The molecule has 0 saturated carbocycles. The number of rotatable bonds is 1. The molecule has 2 N–H and O–H groups in total. The van der Waals surface area contributed by atoms with Gasteiger partial charge in [-0.05, 0) is 6.92 Å². The molecule has 1 aromatic carbocycles. The standard InChI is InChI=1S/C7H9NO2/c1-6-4-2-3-5-7(6)8(9)10/h2-5,8-9H,1H3. The summed E-state index contributed by atoms with van der Waals surface area (Å²) < 4.78 is 0. The quantitative estimate of drug-likeness (QED) is 0.553. The van der Waals surface area contributed by atoms with Gasteiger partial charge in [-0.25, -0.2) is 5.21 Å². The highest BCUT2D eigenvalue weighted by Gasteiger charge is 2.00. The van der Waals surface area contributed by atoms with Gasteiger partial charge in [-0.15, -0.1) is 0 Å². The van der Waals surface area contributed by atoms with Crippen molar-refractivity contribution in [3.63, 3.8) is 0 Å². The Labute approximate surface area is 59.1 Å². The first-order chi connectivity index (χ1) is 4.72. The predicted molar refractivity (Wildman–Crippen MR) is 37.0 cm³/mol. The number of benzene rings is 1. The Kier molecular flexibility index (Phi) is 2.01. The molecule has 3 heteroatoms. The molecule has 1 atom stereocenters. The maximum absolute atomic E-state index is 10.4. The van der Waals surface area contributed by atoms with E-state index in [1.807, 2.05) is 6.07 Å². The smallest absolute Gasteiger partial charge is 0.166 e. The fraction of sp³-hybridized carbons (Fsp3) is 0.143. The Morgan fingerprint density at radius 3 is 2.40 bits per heavy atom. The summed E-state index contributed by atoms with van der Waals surface area (Å²) in [7, 11) is 0. The first-order valence-corrected chi connectivity index (χ1v) is 3.01. The SMILES string of the molecule is Cc1ccccc1[NH+]([O-])O. The van der Waals surface area contributed by atoms with E-state index < -0.39 is 5.23 Å². The number of quaternary nitrogens is 1. The van der Waals surface area contributed by atoms with Crippen LogP contribution < -0.4 is 5.23 Å². The maximum atomic E-state index is 10.4. The van der Waals surface area contributed by atoms with E-state index in [4.69, 9.17) is 5.21 Å². The molecule has 0 aromatic heterocycles. The molecular weight excluding hydrogens is 130 g/mol. The molecule has 3 nitrogen and oxygen atoms in total. The topological polar surface area (TPSA) is 47.7 Å². The fourth-order valence-electron chi connectivity index (χ4n) is 0.813. The third-order valence-electron chi connectivity index (χ3n) is 1.38. The molecule has 1 aromatic rings. The van der Waals surface area contributed by atoms with Gasteiger partial charge >= 0.3 is 0 Å². The number of nitrogens with one attached hydrogen (secondary N) is 1. The normalized spacial score (nSPS) is 13.1. The van der Waals surface area contributed by atoms with Crippen molar-refractivity contribution in [2.75, 3.05) is 0 Å². The summed E-state index contributed by atoms with van der Waals surface area (Å²) in [5.74, 6) is 0. The lowest BCUT2D eigenvalue weighted by molar-refractivity contribution is -0.991. The van der Waals surface area contributed by atoms with Gasteiger partial charge in [0, 0.05) is 11.6 Å². The van der Waals surface area contributed by atoms with Gasteiger partial charge in [-0.3, -0.25) is 0 Å². The highest BCUT2D eigenvalue weighted by molar-refractivity contribution is 5.37. The third kappa shape index (κ3) is 1.33. The van der Waals surface area contributed by atoms with Gasteiger partial charge in [0.15, 0.2) is 5.69 Å². The van der Waals surface area contributed by atoms with Crippen LogP contribution in [0.2, 0.25) is 0 Å². The summed E-state index contributed by atoms with van der Waals surface area (Å²) in [6.07, 6.45) is 0. The average Bonchev–Trinajstić information content (AvgIpc) is 1.88. The van der Waals surface area contributed by atoms with E-state index in [0.717, 1.165) is 5.56 Å². The van der Waals surface area contributed by atoms with Gasteiger partial charge in [0.1, 0.15) is 0 Å². The van der Waals surface area contributed by atoms with E-state index in [2.05, 4.69) is 0 Å². The van der Waals surface area contributed by atoms with Crippen molar-refractivity contribution in [1.29, 1.82) is 0 Å². The van der Waals surface area contributed by atoms with E-state index in [0.29, 0.717) is 5.69 Å². The zero-order valence-electron chi connectivity index (χ0n) is 5.66. The Bertz CT molecular complexity index is 223. The second kappa shape index (κ2) is 2.79. The maximum Gasteiger partial charge on any atom is 0.166 e. The summed E-state index contributed by atoms with van der Waals surface area (Å²) in [4.78, 5) is 0. The lowest BCUT2D eigenvalue weighted by Crippen LogP contribution is -2.99. The van der Waals surface area contributed by atoms with Crippen LogP contribution in [0, 0.1) is 12.1 Å². The Morgan fingerprint density at radius 1 is 1.40 bits per heavy atom. The highest BCUT2D eigenvalue weighted by Crippen LogP contribution is 2.06. The molecule has 0 fully saturated rings. The molecule has 54 valence electrons. The second-order valence-corrected chi connectivity index (χ2v) is 2.12. The van der Waals surface area contributed by atoms with Crippen LogP contribution in [-0.2, 0) is 0 Å². The van der Waals surface area contributed by atoms with E-state index in [-0.39, 0.29) is 0 Å². The summed E-state index contributed by atoms with van der Waals surface area (Å²) in [6.45, 7) is 1.78. The molecular formula is C7H9NO2. The van der Waals surface area contributed by atoms with Crippen molar-refractivity contribution in [3.05, 3.63) is 35.0 Å². The van der Waals surface area contributed by atoms with Crippen LogP contribution in [-0.4, -0.2) is 5.21 Å². The summed E-state index contributed by atoms with van der Waals surface area (Å²) in [6, 6.07) is 6.92. The molecule has 0 spiro atoms. The molecule has 1 unspecified atom stereocenters. The zero-order chi connectivity index (χ0) is 7.56. The van der Waals surface area contributed by atoms with Crippen LogP contribution in [0.4, 0.5) is 5.69 Å². The van der Waals surface area contributed by atoms with Gasteiger partial charge < -0.3 is 5.21 Å².